The van der Waals surface area contributed by atoms with E-state index < -0.39 is 0 Å². The van der Waals surface area contributed by atoms with Crippen LogP contribution in [0.1, 0.15) is 91.4 Å². The first-order valence-electron chi connectivity index (χ1n) is 12.0. The first-order chi connectivity index (χ1) is 13.3. The maximum absolute atomic E-state index is 11.6. The van der Waals surface area contributed by atoms with Gasteiger partial charge in [-0.2, -0.15) is 0 Å². The minimum Gasteiger partial charge on any atom is -0.469 e. The van der Waals surface area contributed by atoms with Crippen LogP contribution in [0.2, 0.25) is 0 Å². The van der Waals surface area contributed by atoms with E-state index in [1.54, 1.807) is 0 Å². The fraction of sp³-hybridized carbons (Fsp3) is 0.960. The van der Waals surface area contributed by atoms with Crippen LogP contribution in [0.25, 0.3) is 0 Å². The molecule has 0 bridgehead atoms. The number of fused-ring (bicyclic) bond motifs is 5. The van der Waals surface area contributed by atoms with Crippen molar-refractivity contribution < 1.29 is 14.6 Å². The molecule has 0 aromatic heterocycles. The summed E-state index contributed by atoms with van der Waals surface area (Å²) in [5.74, 6) is 4.97. The van der Waals surface area contributed by atoms with Crippen LogP contribution in [0.3, 0.4) is 0 Å². The Balaban J connectivity index is 1.46. The summed E-state index contributed by atoms with van der Waals surface area (Å²) in [6, 6.07) is 0. The lowest BCUT2D eigenvalue weighted by molar-refractivity contribution is -0.159. The summed E-state index contributed by atoms with van der Waals surface area (Å²) in [5, 5.41) is 10.3. The van der Waals surface area contributed by atoms with Crippen LogP contribution in [0.4, 0.5) is 0 Å². The lowest BCUT2D eigenvalue weighted by atomic mass is 9.41. The average molecular weight is 391 g/mol. The molecule has 4 unspecified atom stereocenters. The fourth-order valence-electron chi connectivity index (χ4n) is 8.68. The van der Waals surface area contributed by atoms with Crippen LogP contribution < -0.4 is 0 Å². The minimum atomic E-state index is -0.0718. The van der Waals surface area contributed by atoms with Crippen molar-refractivity contribution in [2.75, 3.05) is 7.11 Å². The van der Waals surface area contributed by atoms with E-state index in [1.165, 1.54) is 52.1 Å². The first-order valence-corrected chi connectivity index (χ1v) is 12.0. The van der Waals surface area contributed by atoms with Gasteiger partial charge in [-0.1, -0.05) is 20.8 Å². The number of carbonyl (C=O) groups excluding carboxylic acids is 1. The second kappa shape index (κ2) is 7.60. The van der Waals surface area contributed by atoms with Gasteiger partial charge in [0.2, 0.25) is 0 Å². The number of ether oxygens (including phenoxy) is 1. The summed E-state index contributed by atoms with van der Waals surface area (Å²) in [7, 11) is 1.50. The maximum atomic E-state index is 11.6. The highest BCUT2D eigenvalue weighted by molar-refractivity contribution is 5.69. The Hall–Kier alpha value is -0.570. The molecule has 0 radical (unpaired) electrons. The van der Waals surface area contributed by atoms with E-state index in [-0.39, 0.29) is 12.1 Å². The summed E-state index contributed by atoms with van der Waals surface area (Å²) < 4.78 is 4.86. The van der Waals surface area contributed by atoms with Gasteiger partial charge >= 0.3 is 5.97 Å². The molecule has 3 nitrogen and oxygen atoms in total. The van der Waals surface area contributed by atoms with Crippen molar-refractivity contribution in [3.05, 3.63) is 0 Å². The number of hydrogen-bond donors (Lipinski definition) is 1. The number of carbonyl (C=O) groups is 1. The Morgan fingerprint density at radius 3 is 2.54 bits per heavy atom. The molecule has 0 amide bonds. The summed E-state index contributed by atoms with van der Waals surface area (Å²) in [6.07, 6.45) is 13.0. The monoisotopic (exact) mass is 390 g/mol. The molecule has 4 fully saturated rings. The molecule has 0 spiro atoms. The topological polar surface area (TPSA) is 46.5 Å². The number of rotatable bonds is 4. The molecule has 3 heteroatoms. The molecule has 28 heavy (non-hydrogen) atoms. The highest BCUT2D eigenvalue weighted by atomic mass is 16.5. The molecule has 0 aromatic carbocycles. The van der Waals surface area contributed by atoms with Crippen LogP contribution in [0.5, 0.6) is 0 Å². The third-order valence-electron chi connectivity index (χ3n) is 10.5. The molecule has 4 rings (SSSR count). The van der Waals surface area contributed by atoms with E-state index in [2.05, 4.69) is 20.8 Å². The average Bonchev–Trinajstić information content (AvgIpc) is 3.11. The molecular weight excluding hydrogens is 348 g/mol. The number of aliphatic hydroxyl groups excluding tert-OH is 1. The second-order valence-corrected chi connectivity index (χ2v) is 11.4. The van der Waals surface area contributed by atoms with E-state index in [9.17, 15) is 9.90 Å². The van der Waals surface area contributed by atoms with Crippen molar-refractivity contribution in [1.29, 1.82) is 0 Å². The van der Waals surface area contributed by atoms with Crippen molar-refractivity contribution in [3.63, 3.8) is 0 Å². The summed E-state index contributed by atoms with van der Waals surface area (Å²) in [5.41, 5.74) is 0.763. The largest absolute Gasteiger partial charge is 0.469 e. The molecule has 0 heterocycles. The van der Waals surface area contributed by atoms with E-state index in [1.807, 2.05) is 0 Å². The van der Waals surface area contributed by atoms with Crippen molar-refractivity contribution in [3.8, 4) is 0 Å². The van der Waals surface area contributed by atoms with Gasteiger partial charge in [-0.3, -0.25) is 4.79 Å². The van der Waals surface area contributed by atoms with Gasteiger partial charge in [0.05, 0.1) is 13.2 Å². The molecule has 0 aromatic rings. The van der Waals surface area contributed by atoms with E-state index >= 15 is 0 Å². The first kappa shape index (κ1) is 20.7. The van der Waals surface area contributed by atoms with Gasteiger partial charge in [0.25, 0.3) is 0 Å². The van der Waals surface area contributed by atoms with Crippen molar-refractivity contribution >= 4 is 5.97 Å². The zero-order chi connectivity index (χ0) is 20.1. The lowest BCUT2D eigenvalue weighted by Crippen LogP contribution is -2.57. The molecular formula is C25H42O3. The van der Waals surface area contributed by atoms with Crippen molar-refractivity contribution in [2.45, 2.75) is 97.5 Å². The van der Waals surface area contributed by atoms with Gasteiger partial charge < -0.3 is 9.84 Å². The van der Waals surface area contributed by atoms with E-state index in [4.69, 9.17) is 4.74 Å². The Labute approximate surface area is 172 Å². The molecule has 0 aliphatic heterocycles. The van der Waals surface area contributed by atoms with Crippen LogP contribution in [0.15, 0.2) is 0 Å². The molecule has 9 atom stereocenters. The Kier molecular flexibility index (Phi) is 5.61. The maximum Gasteiger partial charge on any atom is 0.305 e. The van der Waals surface area contributed by atoms with Crippen LogP contribution in [0, 0.1) is 46.3 Å². The molecule has 4 aliphatic carbocycles. The highest BCUT2D eigenvalue weighted by Gasteiger charge is 2.60. The SMILES string of the molecule is COC(=O)CCC(C)[C@H]1CCC2C3CC[C@]4(C)C[C@H](O)CC[C@]4(C)C3CC[C@@H]21. The number of esters is 1. The summed E-state index contributed by atoms with van der Waals surface area (Å²) >= 11 is 0. The van der Waals surface area contributed by atoms with Gasteiger partial charge in [0.15, 0.2) is 0 Å². The molecule has 1 N–H and O–H groups in total. The minimum absolute atomic E-state index is 0.0518. The van der Waals surface area contributed by atoms with Gasteiger partial charge in [-0.25, -0.2) is 0 Å². The Morgan fingerprint density at radius 2 is 1.79 bits per heavy atom. The van der Waals surface area contributed by atoms with Gasteiger partial charge in [0, 0.05) is 6.42 Å². The van der Waals surface area contributed by atoms with Gasteiger partial charge in [0.1, 0.15) is 0 Å². The van der Waals surface area contributed by atoms with Gasteiger partial charge in [-0.15, -0.1) is 0 Å². The summed E-state index contributed by atoms with van der Waals surface area (Å²) in [6.45, 7) is 7.45. The molecule has 4 aliphatic rings. The predicted octanol–water partition coefficient (Wildman–Crippen LogP) is 5.60. The van der Waals surface area contributed by atoms with Crippen molar-refractivity contribution in [2.24, 2.45) is 46.3 Å². The third kappa shape index (κ3) is 3.24. The zero-order valence-corrected chi connectivity index (χ0v) is 18.6. The summed E-state index contributed by atoms with van der Waals surface area (Å²) in [4.78, 5) is 11.6. The zero-order valence-electron chi connectivity index (χ0n) is 18.6. The third-order valence-corrected chi connectivity index (χ3v) is 10.5. The number of hydrogen-bond acceptors (Lipinski definition) is 3. The standard InChI is InChI=1S/C25H42O3/c1-16(5-10-23(27)28-4)18-6-7-20-19(18)8-9-22-21(20)12-13-24(2)15-17(26)11-14-25(22,24)3/h16-22,26H,5-15H2,1-4H3/t16?,17-,18-,19-,20?,21?,22?,24-,25-/m1/s1. The Bertz CT molecular complexity index is 588. The number of methoxy groups -OCH3 is 1. The van der Waals surface area contributed by atoms with E-state index in [0.717, 1.165) is 48.9 Å². The molecule has 4 saturated carbocycles. The normalized spacial score (nSPS) is 48.9. The smallest absolute Gasteiger partial charge is 0.305 e. The van der Waals surface area contributed by atoms with Crippen LogP contribution in [-0.2, 0) is 9.53 Å². The lowest BCUT2D eigenvalue weighted by Gasteiger charge is -2.64. The van der Waals surface area contributed by atoms with Crippen molar-refractivity contribution in [1.82, 2.24) is 0 Å². The van der Waals surface area contributed by atoms with Crippen LogP contribution >= 0.6 is 0 Å². The second-order valence-electron chi connectivity index (χ2n) is 11.4. The van der Waals surface area contributed by atoms with Gasteiger partial charge in [-0.05, 0) is 111 Å². The molecule has 160 valence electrons. The highest BCUT2D eigenvalue weighted by Crippen LogP contribution is 2.68. The van der Waals surface area contributed by atoms with E-state index in [0.29, 0.717) is 23.2 Å². The predicted molar refractivity (Wildman–Crippen MR) is 112 cm³/mol. The fourth-order valence-corrected chi connectivity index (χ4v) is 8.68. The number of aliphatic hydroxyl groups is 1. The molecule has 0 saturated heterocycles. The van der Waals surface area contributed by atoms with Crippen LogP contribution in [-0.4, -0.2) is 24.3 Å². The Morgan fingerprint density at radius 1 is 1.04 bits per heavy atom. The quantitative estimate of drug-likeness (QED) is 0.636.